The zero-order valence-corrected chi connectivity index (χ0v) is 16.4. The molecule has 4 rings (SSSR count). The summed E-state index contributed by atoms with van der Waals surface area (Å²) < 4.78 is 16.3. The molecule has 1 N–H and O–H groups in total. The van der Waals surface area contributed by atoms with Crippen LogP contribution in [0.2, 0.25) is 0 Å². The minimum Gasteiger partial charge on any atom is -0.326 e. The molecule has 1 saturated carbocycles. The van der Waals surface area contributed by atoms with Gasteiger partial charge in [0.2, 0.25) is 5.91 Å². The molecule has 1 fully saturated rings. The van der Waals surface area contributed by atoms with Gasteiger partial charge in [-0.2, -0.15) is 0 Å². The van der Waals surface area contributed by atoms with Crippen molar-refractivity contribution in [3.05, 3.63) is 54.1 Å². The first-order valence-corrected chi connectivity index (χ1v) is 10.1. The lowest BCUT2D eigenvalue weighted by Gasteiger charge is -2.09. The average molecular weight is 411 g/mol. The Morgan fingerprint density at radius 2 is 1.97 bits per heavy atom. The van der Waals surface area contributed by atoms with Gasteiger partial charge in [-0.25, -0.2) is 4.39 Å². The molecule has 0 saturated heterocycles. The fourth-order valence-electron chi connectivity index (χ4n) is 2.97. The standard InChI is InChI=1S/C20H18FN5O2S/c1-12(27)23-14-2-5-16(17(21)10-14)18(28)11-29-20-25-24-19(26(20)15-3-4-15)13-6-8-22-9-7-13/h2,5-10,15H,3-4,11H2,1H3,(H,23,27). The summed E-state index contributed by atoms with van der Waals surface area (Å²) in [5.41, 5.74) is 1.21. The van der Waals surface area contributed by atoms with Crippen molar-refractivity contribution in [2.24, 2.45) is 0 Å². The maximum Gasteiger partial charge on any atom is 0.221 e. The number of thioether (sulfide) groups is 1. The minimum absolute atomic E-state index is 0.0153. The van der Waals surface area contributed by atoms with E-state index in [1.165, 1.54) is 30.8 Å². The van der Waals surface area contributed by atoms with Crippen molar-refractivity contribution in [1.29, 1.82) is 0 Å². The number of hydrogen-bond acceptors (Lipinski definition) is 6. The Balaban J connectivity index is 1.50. The van der Waals surface area contributed by atoms with Crippen molar-refractivity contribution < 1.29 is 14.0 Å². The molecule has 0 bridgehead atoms. The van der Waals surface area contributed by atoms with E-state index >= 15 is 0 Å². The van der Waals surface area contributed by atoms with E-state index in [4.69, 9.17) is 0 Å². The molecule has 2 heterocycles. The topological polar surface area (TPSA) is 89.8 Å². The van der Waals surface area contributed by atoms with Crippen LogP contribution in [0.5, 0.6) is 0 Å². The zero-order chi connectivity index (χ0) is 20.4. The van der Waals surface area contributed by atoms with Crippen molar-refractivity contribution in [2.75, 3.05) is 11.1 Å². The molecule has 1 aromatic carbocycles. The first kappa shape index (κ1) is 19.3. The summed E-state index contributed by atoms with van der Waals surface area (Å²) in [5, 5.41) is 11.7. The first-order valence-electron chi connectivity index (χ1n) is 9.11. The van der Waals surface area contributed by atoms with Crippen LogP contribution < -0.4 is 5.32 Å². The normalized spacial score (nSPS) is 13.3. The lowest BCUT2D eigenvalue weighted by Crippen LogP contribution is -2.09. The van der Waals surface area contributed by atoms with Crippen LogP contribution in [0.25, 0.3) is 11.4 Å². The summed E-state index contributed by atoms with van der Waals surface area (Å²) in [4.78, 5) is 27.6. The second-order valence-electron chi connectivity index (χ2n) is 6.73. The molecular formula is C20H18FN5O2S. The lowest BCUT2D eigenvalue weighted by atomic mass is 10.1. The van der Waals surface area contributed by atoms with Crippen LogP contribution in [0.3, 0.4) is 0 Å². The molecule has 1 amide bonds. The second-order valence-corrected chi connectivity index (χ2v) is 7.67. The quantitative estimate of drug-likeness (QED) is 0.470. The number of carbonyl (C=O) groups is 2. The Morgan fingerprint density at radius 3 is 2.62 bits per heavy atom. The minimum atomic E-state index is -0.664. The van der Waals surface area contributed by atoms with Gasteiger partial charge in [-0.3, -0.25) is 19.1 Å². The molecule has 0 aliphatic heterocycles. The number of nitrogens with one attached hydrogen (secondary N) is 1. The number of benzene rings is 1. The van der Waals surface area contributed by atoms with E-state index in [2.05, 4.69) is 20.5 Å². The van der Waals surface area contributed by atoms with Crippen LogP contribution in [-0.2, 0) is 4.79 Å². The summed E-state index contributed by atoms with van der Waals surface area (Å²) in [5.74, 6) is -0.530. The van der Waals surface area contributed by atoms with Crippen LogP contribution in [0, 0.1) is 5.82 Å². The number of aromatic nitrogens is 4. The van der Waals surface area contributed by atoms with Crippen molar-refractivity contribution in [3.63, 3.8) is 0 Å². The van der Waals surface area contributed by atoms with Gasteiger partial charge in [-0.1, -0.05) is 11.8 Å². The first-order chi connectivity index (χ1) is 14.0. The predicted octanol–water partition coefficient (Wildman–Crippen LogP) is 3.75. The maximum absolute atomic E-state index is 14.3. The molecule has 3 aromatic rings. The van der Waals surface area contributed by atoms with Gasteiger partial charge >= 0.3 is 0 Å². The highest BCUT2D eigenvalue weighted by molar-refractivity contribution is 7.99. The van der Waals surface area contributed by atoms with E-state index in [1.807, 2.05) is 16.7 Å². The van der Waals surface area contributed by atoms with Gasteiger partial charge in [-0.15, -0.1) is 10.2 Å². The number of hydrogen-bond donors (Lipinski definition) is 1. The highest BCUT2D eigenvalue weighted by atomic mass is 32.2. The number of rotatable bonds is 7. The number of halogens is 1. The largest absolute Gasteiger partial charge is 0.326 e. The maximum atomic E-state index is 14.3. The Hall–Kier alpha value is -3.07. The third-order valence-electron chi connectivity index (χ3n) is 4.44. The van der Waals surface area contributed by atoms with Gasteiger partial charge in [0.15, 0.2) is 16.8 Å². The molecule has 29 heavy (non-hydrogen) atoms. The van der Waals surface area contributed by atoms with E-state index in [0.717, 1.165) is 30.3 Å². The van der Waals surface area contributed by atoms with E-state index in [-0.39, 0.29) is 23.0 Å². The Morgan fingerprint density at radius 1 is 1.21 bits per heavy atom. The number of ketones is 1. The second kappa shape index (κ2) is 8.12. The van der Waals surface area contributed by atoms with Gasteiger partial charge in [0.1, 0.15) is 5.82 Å². The van der Waals surface area contributed by atoms with Crippen molar-refractivity contribution in [1.82, 2.24) is 19.7 Å². The molecule has 9 heteroatoms. The van der Waals surface area contributed by atoms with Crippen LogP contribution in [-0.4, -0.2) is 37.2 Å². The number of amides is 1. The fraction of sp³-hybridized carbons (Fsp3) is 0.250. The van der Waals surface area contributed by atoms with Crippen molar-refractivity contribution in [3.8, 4) is 11.4 Å². The smallest absolute Gasteiger partial charge is 0.221 e. The highest BCUT2D eigenvalue weighted by Gasteiger charge is 2.30. The molecule has 0 unspecified atom stereocenters. The molecule has 148 valence electrons. The Kier molecular flexibility index (Phi) is 5.39. The number of nitrogens with zero attached hydrogens (tertiary/aromatic N) is 4. The van der Waals surface area contributed by atoms with Crippen LogP contribution in [0.1, 0.15) is 36.2 Å². The molecule has 0 radical (unpaired) electrons. The monoisotopic (exact) mass is 411 g/mol. The molecule has 0 spiro atoms. The molecular weight excluding hydrogens is 393 g/mol. The van der Waals surface area contributed by atoms with Crippen LogP contribution in [0.15, 0.2) is 47.9 Å². The number of pyridine rings is 1. The average Bonchev–Trinajstić information content (AvgIpc) is 3.45. The summed E-state index contributed by atoms with van der Waals surface area (Å²) in [6.07, 6.45) is 5.48. The molecule has 7 nitrogen and oxygen atoms in total. The SMILES string of the molecule is CC(=O)Nc1ccc(C(=O)CSc2nnc(-c3ccncc3)n2C2CC2)c(F)c1. The lowest BCUT2D eigenvalue weighted by molar-refractivity contribution is -0.114. The predicted molar refractivity (Wildman–Crippen MR) is 107 cm³/mol. The van der Waals surface area contributed by atoms with Gasteiger partial charge < -0.3 is 5.32 Å². The summed E-state index contributed by atoms with van der Waals surface area (Å²) in [7, 11) is 0. The third-order valence-corrected chi connectivity index (χ3v) is 5.38. The van der Waals surface area contributed by atoms with Gasteiger partial charge in [0.05, 0.1) is 11.3 Å². The molecule has 1 aliphatic carbocycles. The summed E-state index contributed by atoms with van der Waals surface area (Å²) in [6, 6.07) is 8.10. The van der Waals surface area contributed by atoms with E-state index in [0.29, 0.717) is 16.9 Å². The van der Waals surface area contributed by atoms with Gasteiger partial charge in [0.25, 0.3) is 0 Å². The Bertz CT molecular complexity index is 1070. The van der Waals surface area contributed by atoms with Crippen molar-refractivity contribution in [2.45, 2.75) is 31.0 Å². The van der Waals surface area contributed by atoms with E-state index in [1.54, 1.807) is 12.4 Å². The Labute approximate surface area is 170 Å². The fourth-order valence-corrected chi connectivity index (χ4v) is 3.85. The number of Topliss-reactive ketones (excluding diaryl/α,β-unsaturated/α-hetero) is 1. The van der Waals surface area contributed by atoms with E-state index < -0.39 is 5.82 Å². The number of carbonyl (C=O) groups excluding carboxylic acids is 2. The van der Waals surface area contributed by atoms with Crippen molar-refractivity contribution >= 4 is 29.1 Å². The summed E-state index contributed by atoms with van der Waals surface area (Å²) in [6.45, 7) is 1.34. The van der Waals surface area contributed by atoms with Crippen LogP contribution in [0.4, 0.5) is 10.1 Å². The molecule has 2 aromatic heterocycles. The molecule has 1 aliphatic rings. The van der Waals surface area contributed by atoms with E-state index in [9.17, 15) is 14.0 Å². The van der Waals surface area contributed by atoms with Gasteiger partial charge in [0, 0.05) is 36.6 Å². The molecule has 0 atom stereocenters. The zero-order valence-electron chi connectivity index (χ0n) is 15.6. The summed E-state index contributed by atoms with van der Waals surface area (Å²) >= 11 is 1.25. The third kappa shape index (κ3) is 4.34. The van der Waals surface area contributed by atoms with Crippen LogP contribution >= 0.6 is 11.8 Å². The number of anilines is 1. The van der Waals surface area contributed by atoms with Gasteiger partial charge in [-0.05, 0) is 43.2 Å². The highest BCUT2D eigenvalue weighted by Crippen LogP contribution is 2.41.